The van der Waals surface area contributed by atoms with Gasteiger partial charge in [0.15, 0.2) is 17.6 Å². The van der Waals surface area contributed by atoms with Crippen LogP contribution in [0.3, 0.4) is 0 Å². The van der Waals surface area contributed by atoms with Crippen molar-refractivity contribution >= 4 is 23.6 Å². The molecule has 1 atom stereocenters. The van der Waals surface area contributed by atoms with Gasteiger partial charge in [0, 0.05) is 11.8 Å². The van der Waals surface area contributed by atoms with E-state index in [2.05, 4.69) is 11.9 Å². The number of carbonyl (C=O) groups excluding carboxylic acids is 2. The van der Waals surface area contributed by atoms with Gasteiger partial charge in [0.1, 0.15) is 12.4 Å². The van der Waals surface area contributed by atoms with Gasteiger partial charge >= 0.3 is 5.97 Å². The molecule has 2 rings (SSSR count). The predicted molar refractivity (Wildman–Crippen MR) is 113 cm³/mol. The quantitative estimate of drug-likeness (QED) is 0.377. The predicted octanol–water partition coefficient (Wildman–Crippen LogP) is 4.29. The fourth-order valence-corrected chi connectivity index (χ4v) is 2.40. The number of anilines is 1. The fourth-order valence-electron chi connectivity index (χ4n) is 2.40. The topological polar surface area (TPSA) is 73.9 Å². The largest absolute Gasteiger partial charge is 0.493 e. The average Bonchev–Trinajstić information content (AvgIpc) is 2.73. The van der Waals surface area contributed by atoms with Crippen LogP contribution in [0, 0.1) is 12.7 Å². The van der Waals surface area contributed by atoms with Gasteiger partial charge in [-0.25, -0.2) is 9.18 Å². The van der Waals surface area contributed by atoms with E-state index in [0.29, 0.717) is 29.2 Å². The summed E-state index contributed by atoms with van der Waals surface area (Å²) in [6, 6.07) is 9.48. The second kappa shape index (κ2) is 10.8. The second-order valence-electron chi connectivity index (χ2n) is 6.38. The molecule has 2 aromatic rings. The zero-order chi connectivity index (χ0) is 22.1. The summed E-state index contributed by atoms with van der Waals surface area (Å²) in [4.78, 5) is 24.2. The number of carbonyl (C=O) groups is 2. The van der Waals surface area contributed by atoms with Crippen LogP contribution in [-0.2, 0) is 14.3 Å². The van der Waals surface area contributed by atoms with E-state index < -0.39 is 23.8 Å². The molecular formula is C23H24FNO5. The highest BCUT2D eigenvalue weighted by Gasteiger charge is 2.17. The van der Waals surface area contributed by atoms with Gasteiger partial charge in [-0.3, -0.25) is 4.79 Å². The first kappa shape index (κ1) is 22.7. The van der Waals surface area contributed by atoms with Gasteiger partial charge in [-0.1, -0.05) is 24.8 Å². The highest BCUT2D eigenvalue weighted by molar-refractivity contribution is 5.96. The van der Waals surface area contributed by atoms with Crippen LogP contribution in [0.4, 0.5) is 10.1 Å². The smallest absolute Gasteiger partial charge is 0.331 e. The number of nitrogens with one attached hydrogen (secondary N) is 1. The Morgan fingerprint density at radius 1 is 1.20 bits per heavy atom. The van der Waals surface area contributed by atoms with Gasteiger partial charge in [0.05, 0.1) is 7.11 Å². The van der Waals surface area contributed by atoms with Crippen molar-refractivity contribution in [3.8, 4) is 11.5 Å². The SMILES string of the molecule is C=CCOc1ccc(/C=C/C(=O)O[C@H](C)C(=O)Nc2ccc(C)c(F)c2)cc1OC. The molecule has 0 aliphatic rings. The third kappa shape index (κ3) is 6.48. The molecule has 1 amide bonds. The highest BCUT2D eigenvalue weighted by Crippen LogP contribution is 2.28. The van der Waals surface area contributed by atoms with Crippen molar-refractivity contribution in [1.82, 2.24) is 0 Å². The van der Waals surface area contributed by atoms with E-state index in [1.54, 1.807) is 43.3 Å². The summed E-state index contributed by atoms with van der Waals surface area (Å²) in [5, 5.41) is 2.51. The summed E-state index contributed by atoms with van der Waals surface area (Å²) in [5.74, 6) is -0.638. The van der Waals surface area contributed by atoms with E-state index in [1.165, 1.54) is 32.3 Å². The van der Waals surface area contributed by atoms with Gasteiger partial charge in [-0.05, 0) is 55.3 Å². The molecule has 0 radical (unpaired) electrons. The number of ether oxygens (including phenoxy) is 3. The number of esters is 1. The van der Waals surface area contributed by atoms with Gasteiger partial charge in [-0.2, -0.15) is 0 Å². The summed E-state index contributed by atoms with van der Waals surface area (Å²) < 4.78 is 29.4. The fraction of sp³-hybridized carbons (Fsp3) is 0.217. The summed E-state index contributed by atoms with van der Waals surface area (Å²) in [6.07, 6.45) is 3.29. The molecule has 0 unspecified atom stereocenters. The van der Waals surface area contributed by atoms with Crippen molar-refractivity contribution in [2.75, 3.05) is 19.0 Å². The van der Waals surface area contributed by atoms with Crippen LogP contribution in [0.2, 0.25) is 0 Å². The van der Waals surface area contributed by atoms with Crippen LogP contribution >= 0.6 is 0 Å². The highest BCUT2D eigenvalue weighted by atomic mass is 19.1. The number of aryl methyl sites for hydroxylation is 1. The van der Waals surface area contributed by atoms with Crippen LogP contribution < -0.4 is 14.8 Å². The van der Waals surface area contributed by atoms with Crippen LogP contribution in [0.25, 0.3) is 6.08 Å². The van der Waals surface area contributed by atoms with E-state index in [4.69, 9.17) is 14.2 Å². The van der Waals surface area contributed by atoms with Gasteiger partial charge < -0.3 is 19.5 Å². The monoisotopic (exact) mass is 413 g/mol. The Kier molecular flexibility index (Phi) is 8.17. The van der Waals surface area contributed by atoms with Crippen molar-refractivity contribution in [3.63, 3.8) is 0 Å². The molecule has 0 aliphatic heterocycles. The maximum absolute atomic E-state index is 13.6. The lowest BCUT2D eigenvalue weighted by molar-refractivity contribution is -0.148. The van der Waals surface area contributed by atoms with Crippen LogP contribution in [0.15, 0.2) is 55.1 Å². The summed E-state index contributed by atoms with van der Waals surface area (Å²) in [7, 11) is 1.51. The van der Waals surface area contributed by atoms with Crippen LogP contribution in [0.1, 0.15) is 18.1 Å². The third-order valence-corrected chi connectivity index (χ3v) is 4.06. The Labute approximate surface area is 175 Å². The molecule has 0 bridgehead atoms. The normalized spacial score (nSPS) is 11.6. The van der Waals surface area contributed by atoms with E-state index in [1.807, 2.05) is 0 Å². The molecule has 0 saturated carbocycles. The summed E-state index contributed by atoms with van der Waals surface area (Å²) >= 11 is 0. The van der Waals surface area contributed by atoms with Gasteiger partial charge in [-0.15, -0.1) is 0 Å². The molecule has 7 heteroatoms. The zero-order valence-corrected chi connectivity index (χ0v) is 17.1. The molecule has 30 heavy (non-hydrogen) atoms. The minimum absolute atomic E-state index is 0.285. The van der Waals surface area contributed by atoms with E-state index in [-0.39, 0.29) is 5.69 Å². The minimum atomic E-state index is -1.06. The third-order valence-electron chi connectivity index (χ3n) is 4.06. The molecule has 0 aliphatic carbocycles. The molecule has 1 N–H and O–H groups in total. The Bertz CT molecular complexity index is 955. The molecule has 0 heterocycles. The van der Waals surface area contributed by atoms with Crippen molar-refractivity contribution in [3.05, 3.63) is 72.1 Å². The first-order valence-corrected chi connectivity index (χ1v) is 9.21. The molecule has 0 spiro atoms. The van der Waals surface area contributed by atoms with Crippen molar-refractivity contribution in [2.24, 2.45) is 0 Å². The standard InChI is InChI=1S/C23H24FNO5/c1-5-12-29-20-10-7-17(13-21(20)28-4)8-11-22(26)30-16(3)23(27)25-18-9-6-15(2)19(24)14-18/h5-11,13-14,16H,1,12H2,2-4H3,(H,25,27)/b11-8+/t16-/m1/s1. The first-order chi connectivity index (χ1) is 14.3. The molecule has 6 nitrogen and oxygen atoms in total. The molecular weight excluding hydrogens is 389 g/mol. The number of benzene rings is 2. The minimum Gasteiger partial charge on any atom is -0.493 e. The zero-order valence-electron chi connectivity index (χ0n) is 17.1. The van der Waals surface area contributed by atoms with E-state index >= 15 is 0 Å². The van der Waals surface area contributed by atoms with Gasteiger partial charge in [0.25, 0.3) is 5.91 Å². The lowest BCUT2D eigenvalue weighted by atomic mass is 10.2. The Balaban J connectivity index is 1.95. The maximum atomic E-state index is 13.6. The Morgan fingerprint density at radius 3 is 2.63 bits per heavy atom. The van der Waals surface area contributed by atoms with Crippen molar-refractivity contribution in [1.29, 1.82) is 0 Å². The number of halogens is 1. The number of rotatable bonds is 9. The van der Waals surface area contributed by atoms with Crippen molar-refractivity contribution in [2.45, 2.75) is 20.0 Å². The molecule has 2 aromatic carbocycles. The second-order valence-corrected chi connectivity index (χ2v) is 6.38. The van der Waals surface area contributed by atoms with Crippen molar-refractivity contribution < 1.29 is 28.2 Å². The Morgan fingerprint density at radius 2 is 1.97 bits per heavy atom. The average molecular weight is 413 g/mol. The molecule has 0 fully saturated rings. The van der Waals surface area contributed by atoms with E-state index in [9.17, 15) is 14.0 Å². The van der Waals surface area contributed by atoms with Gasteiger partial charge in [0.2, 0.25) is 0 Å². The number of hydrogen-bond donors (Lipinski definition) is 1. The summed E-state index contributed by atoms with van der Waals surface area (Å²) in [5.41, 5.74) is 1.43. The van der Waals surface area contributed by atoms with E-state index in [0.717, 1.165) is 0 Å². The lowest BCUT2D eigenvalue weighted by Gasteiger charge is -2.13. The summed E-state index contributed by atoms with van der Waals surface area (Å²) in [6.45, 7) is 6.98. The first-order valence-electron chi connectivity index (χ1n) is 9.21. The molecule has 0 saturated heterocycles. The molecule has 0 aromatic heterocycles. The lowest BCUT2D eigenvalue weighted by Crippen LogP contribution is -2.29. The Hall–Kier alpha value is -3.61. The van der Waals surface area contributed by atoms with Crippen LogP contribution in [0.5, 0.6) is 11.5 Å². The number of hydrogen-bond acceptors (Lipinski definition) is 5. The molecule has 158 valence electrons. The number of amides is 1. The maximum Gasteiger partial charge on any atom is 0.331 e. The van der Waals surface area contributed by atoms with Crippen LogP contribution in [-0.4, -0.2) is 31.7 Å². The number of methoxy groups -OCH3 is 1.